The first kappa shape index (κ1) is 38.0. The normalized spacial score (nSPS) is 13.1. The van der Waals surface area contributed by atoms with E-state index < -0.39 is 5.97 Å². The fourth-order valence-corrected chi connectivity index (χ4v) is 8.11. The van der Waals surface area contributed by atoms with E-state index >= 15 is 4.79 Å². The molecule has 0 bridgehead atoms. The first-order valence-corrected chi connectivity index (χ1v) is 19.2. The number of aromatic nitrogens is 4. The molecule has 3 aromatic heterocycles. The van der Waals surface area contributed by atoms with Gasteiger partial charge in [-0.05, 0) is 111 Å². The van der Waals surface area contributed by atoms with Crippen molar-refractivity contribution in [1.29, 1.82) is 0 Å². The molecule has 0 atom stereocenters. The summed E-state index contributed by atoms with van der Waals surface area (Å²) in [4.78, 5) is 35.1. The van der Waals surface area contributed by atoms with Crippen LogP contribution in [0.4, 0.5) is 5.69 Å². The predicted octanol–water partition coefficient (Wildman–Crippen LogP) is 8.70. The Bertz CT molecular complexity index is 2370. The summed E-state index contributed by atoms with van der Waals surface area (Å²) in [6, 6.07) is 18.7. The van der Waals surface area contributed by atoms with Crippen molar-refractivity contribution in [3.8, 4) is 16.9 Å². The highest BCUT2D eigenvalue weighted by atomic mass is 35.5. The minimum atomic E-state index is -0.959. The Balaban J connectivity index is 1.31. The van der Waals surface area contributed by atoms with Crippen LogP contribution in [0.15, 0.2) is 73.1 Å². The van der Waals surface area contributed by atoms with Gasteiger partial charge in [0.2, 0.25) is 0 Å². The Morgan fingerprint density at radius 3 is 2.24 bits per heavy atom. The number of carbonyl (C=O) groups is 2. The molecule has 0 saturated carbocycles. The van der Waals surface area contributed by atoms with Crippen molar-refractivity contribution in [3.05, 3.63) is 128 Å². The number of carboxylic acid groups (broad SMARTS) is 1. The van der Waals surface area contributed by atoms with E-state index in [0.717, 1.165) is 72.1 Å². The molecule has 1 N–H and O–H groups in total. The quantitative estimate of drug-likeness (QED) is 0.131. The third-order valence-corrected chi connectivity index (χ3v) is 11.5. The molecule has 4 heterocycles. The third-order valence-electron chi connectivity index (χ3n) is 10.6. The van der Waals surface area contributed by atoms with Crippen LogP contribution in [0.5, 0.6) is 5.75 Å². The number of aryl methyl sites for hydroxylation is 5. The van der Waals surface area contributed by atoms with Gasteiger partial charge in [0, 0.05) is 85.1 Å². The van der Waals surface area contributed by atoms with Crippen molar-refractivity contribution in [2.24, 2.45) is 7.05 Å². The van der Waals surface area contributed by atoms with E-state index in [-0.39, 0.29) is 11.5 Å². The monoisotopic (exact) mass is 778 g/mol. The third kappa shape index (κ3) is 7.53. The van der Waals surface area contributed by atoms with Gasteiger partial charge in [-0.3, -0.25) is 14.5 Å². The highest BCUT2D eigenvalue weighted by Gasteiger charge is 2.32. The number of rotatable bonds is 11. The molecule has 1 saturated heterocycles. The van der Waals surface area contributed by atoms with Crippen LogP contribution in [-0.2, 0) is 20.0 Å². The van der Waals surface area contributed by atoms with Crippen molar-refractivity contribution in [1.82, 2.24) is 24.2 Å². The standard InChI is InChI=1S/C43H44Cl2N6O4/c1-26-22-33(23-27(2)39(26)45)55-21-7-9-34-35-14-15-36(44)38(37-28(3)47-48(5)29(37)4)40(35)51(25-30-8-6-16-46-24-30)41(34)42(52)50-19-17-49(18-20-50)32-12-10-31(11-13-32)43(53)54/h6,8,10-16,22-24H,7,9,17-21,25H2,1-5H3,(H,53,54). The summed E-state index contributed by atoms with van der Waals surface area (Å²) in [5, 5.41) is 16.4. The Labute approximate surface area is 330 Å². The number of piperazine rings is 1. The van der Waals surface area contributed by atoms with E-state index in [9.17, 15) is 9.90 Å². The van der Waals surface area contributed by atoms with Gasteiger partial charge < -0.3 is 24.2 Å². The summed E-state index contributed by atoms with van der Waals surface area (Å²) in [7, 11) is 1.93. The maximum Gasteiger partial charge on any atom is 0.335 e. The highest BCUT2D eigenvalue weighted by Crippen LogP contribution is 2.43. The second-order valence-corrected chi connectivity index (χ2v) is 15.0. The van der Waals surface area contributed by atoms with Crippen molar-refractivity contribution in [2.75, 3.05) is 37.7 Å². The molecule has 1 aliphatic rings. The van der Waals surface area contributed by atoms with E-state index in [4.69, 9.17) is 33.0 Å². The Morgan fingerprint density at radius 2 is 1.62 bits per heavy atom. The topological polar surface area (TPSA) is 106 Å². The molecule has 12 heteroatoms. The second kappa shape index (κ2) is 15.8. The average molecular weight is 780 g/mol. The number of benzene rings is 3. The lowest BCUT2D eigenvalue weighted by Gasteiger charge is -2.36. The zero-order valence-electron chi connectivity index (χ0n) is 31.7. The molecular weight excluding hydrogens is 735 g/mol. The van der Waals surface area contributed by atoms with Crippen LogP contribution in [0, 0.1) is 27.7 Å². The van der Waals surface area contributed by atoms with E-state index in [1.54, 1.807) is 18.3 Å². The van der Waals surface area contributed by atoms with E-state index in [0.29, 0.717) is 62.9 Å². The lowest BCUT2D eigenvalue weighted by molar-refractivity contribution is 0.0694. The fourth-order valence-electron chi connectivity index (χ4n) is 7.76. The van der Waals surface area contributed by atoms with Crippen LogP contribution in [0.2, 0.25) is 10.0 Å². The van der Waals surface area contributed by atoms with Gasteiger partial charge in [-0.2, -0.15) is 5.10 Å². The number of carbonyl (C=O) groups excluding carboxylic acids is 1. The molecule has 0 unspecified atom stereocenters. The summed E-state index contributed by atoms with van der Waals surface area (Å²) in [5.41, 5.74) is 10.1. The van der Waals surface area contributed by atoms with Crippen LogP contribution in [0.25, 0.3) is 22.0 Å². The SMILES string of the molecule is Cc1cc(OCCCc2c(C(=O)N3CCN(c4ccc(C(=O)O)cc4)CC3)n(Cc3cccnc3)c3c(-c4c(C)nn(C)c4C)c(Cl)ccc23)cc(C)c1Cl. The largest absolute Gasteiger partial charge is 0.494 e. The summed E-state index contributed by atoms with van der Waals surface area (Å²) in [5.74, 6) is -0.246. The molecule has 3 aromatic carbocycles. The Kier molecular flexibility index (Phi) is 10.9. The number of hydrogen-bond acceptors (Lipinski definition) is 6. The number of pyridine rings is 1. The van der Waals surface area contributed by atoms with Gasteiger partial charge in [0.1, 0.15) is 11.4 Å². The molecule has 0 radical (unpaired) electrons. The van der Waals surface area contributed by atoms with E-state index in [1.807, 2.05) is 99.1 Å². The molecule has 0 aliphatic carbocycles. The zero-order chi connectivity index (χ0) is 39.0. The zero-order valence-corrected chi connectivity index (χ0v) is 33.2. The number of carboxylic acids is 1. The highest BCUT2D eigenvalue weighted by molar-refractivity contribution is 6.35. The Morgan fingerprint density at radius 1 is 0.909 bits per heavy atom. The fraction of sp³-hybridized carbons (Fsp3) is 0.302. The van der Waals surface area contributed by atoms with Crippen LogP contribution in [0.3, 0.4) is 0 Å². The number of amides is 1. The summed E-state index contributed by atoms with van der Waals surface area (Å²) < 4.78 is 10.3. The molecule has 284 valence electrons. The maximum absolute atomic E-state index is 15.1. The number of anilines is 1. The second-order valence-electron chi connectivity index (χ2n) is 14.2. The van der Waals surface area contributed by atoms with E-state index in [1.165, 1.54) is 0 Å². The summed E-state index contributed by atoms with van der Waals surface area (Å²) in [6.45, 7) is 11.0. The minimum absolute atomic E-state index is 0.0532. The summed E-state index contributed by atoms with van der Waals surface area (Å²) in [6.07, 6.45) is 4.84. The molecule has 6 aromatic rings. The van der Waals surface area contributed by atoms with Gasteiger partial charge >= 0.3 is 5.97 Å². The van der Waals surface area contributed by atoms with Gasteiger partial charge in [0.15, 0.2) is 0 Å². The van der Waals surface area contributed by atoms with Crippen molar-refractivity contribution < 1.29 is 19.4 Å². The molecular formula is C43H44Cl2N6O4. The lowest BCUT2D eigenvalue weighted by atomic mass is 9.98. The first-order valence-electron chi connectivity index (χ1n) is 18.4. The molecule has 7 rings (SSSR count). The molecule has 0 spiro atoms. The smallest absolute Gasteiger partial charge is 0.335 e. The van der Waals surface area contributed by atoms with Crippen molar-refractivity contribution >= 4 is 51.7 Å². The predicted molar refractivity (Wildman–Crippen MR) is 218 cm³/mol. The van der Waals surface area contributed by atoms with Gasteiger partial charge in [0.05, 0.1) is 28.4 Å². The number of fused-ring (bicyclic) bond motifs is 1. The van der Waals surface area contributed by atoms with Crippen LogP contribution >= 0.6 is 23.2 Å². The number of halogens is 2. The molecule has 55 heavy (non-hydrogen) atoms. The molecule has 10 nitrogen and oxygen atoms in total. The Hall–Kier alpha value is -5.32. The van der Waals surface area contributed by atoms with Gasteiger partial charge in [-0.25, -0.2) is 4.79 Å². The molecule has 1 fully saturated rings. The molecule has 1 aliphatic heterocycles. The number of nitrogens with zero attached hydrogens (tertiary/aromatic N) is 6. The first-order chi connectivity index (χ1) is 26.4. The lowest BCUT2D eigenvalue weighted by Crippen LogP contribution is -2.49. The number of ether oxygens (including phenoxy) is 1. The van der Waals surface area contributed by atoms with Crippen molar-refractivity contribution in [2.45, 2.75) is 47.1 Å². The maximum atomic E-state index is 15.1. The van der Waals surface area contributed by atoms with Crippen molar-refractivity contribution in [3.63, 3.8) is 0 Å². The molecule has 1 amide bonds. The van der Waals surface area contributed by atoms with Gasteiger partial charge in [-0.1, -0.05) is 35.3 Å². The van der Waals surface area contributed by atoms with Crippen LogP contribution in [-0.4, -0.2) is 74.0 Å². The summed E-state index contributed by atoms with van der Waals surface area (Å²) >= 11 is 13.6. The van der Waals surface area contributed by atoms with E-state index in [2.05, 4.69) is 14.5 Å². The van der Waals surface area contributed by atoms with Crippen LogP contribution < -0.4 is 9.64 Å². The average Bonchev–Trinajstić information content (AvgIpc) is 3.62. The number of aromatic carboxylic acids is 1. The van der Waals surface area contributed by atoms with Crippen LogP contribution in [0.1, 0.15) is 60.9 Å². The van der Waals surface area contributed by atoms with Gasteiger partial charge in [-0.15, -0.1) is 0 Å². The van der Waals surface area contributed by atoms with Gasteiger partial charge in [0.25, 0.3) is 5.91 Å². The number of hydrogen-bond donors (Lipinski definition) is 1. The minimum Gasteiger partial charge on any atom is -0.494 e.